The number of aryl methyl sites for hydroxylation is 1. The summed E-state index contributed by atoms with van der Waals surface area (Å²) in [6.07, 6.45) is 7.40. The SMILES string of the molecule is Cn1ncc2c1CCC[C@@H]2NC(=O)[C@H](c1ccccc1)N1CCCC1. The molecule has 2 aromatic rings. The minimum Gasteiger partial charge on any atom is -0.348 e. The summed E-state index contributed by atoms with van der Waals surface area (Å²) < 4.78 is 1.95. The van der Waals surface area contributed by atoms with E-state index in [0.717, 1.165) is 37.9 Å². The summed E-state index contributed by atoms with van der Waals surface area (Å²) in [5.74, 6) is 0.120. The van der Waals surface area contributed by atoms with Crippen molar-refractivity contribution in [2.45, 2.75) is 44.2 Å². The highest BCUT2D eigenvalue weighted by Crippen LogP contribution is 2.31. The zero-order chi connectivity index (χ0) is 17.2. The lowest BCUT2D eigenvalue weighted by Gasteiger charge is -2.30. The van der Waals surface area contributed by atoms with Gasteiger partial charge in [-0.15, -0.1) is 0 Å². The predicted octanol–water partition coefficient (Wildman–Crippen LogP) is 2.75. The molecule has 1 N–H and O–H groups in total. The largest absolute Gasteiger partial charge is 0.348 e. The summed E-state index contributed by atoms with van der Waals surface area (Å²) in [7, 11) is 1.99. The molecule has 0 spiro atoms. The zero-order valence-electron chi connectivity index (χ0n) is 14.8. The smallest absolute Gasteiger partial charge is 0.242 e. The van der Waals surface area contributed by atoms with Crippen LogP contribution < -0.4 is 5.32 Å². The molecule has 2 aliphatic rings. The number of hydrogen-bond donors (Lipinski definition) is 1. The summed E-state index contributed by atoms with van der Waals surface area (Å²) in [5, 5.41) is 7.72. The van der Waals surface area contributed by atoms with Crippen LogP contribution in [0.15, 0.2) is 36.5 Å². The van der Waals surface area contributed by atoms with Crippen molar-refractivity contribution in [2.75, 3.05) is 13.1 Å². The number of fused-ring (bicyclic) bond motifs is 1. The fraction of sp³-hybridized carbons (Fsp3) is 0.500. The number of aromatic nitrogens is 2. The van der Waals surface area contributed by atoms with Gasteiger partial charge < -0.3 is 5.32 Å². The normalized spacial score (nSPS) is 21.7. The lowest BCUT2D eigenvalue weighted by atomic mass is 9.92. The van der Waals surface area contributed by atoms with Crippen molar-refractivity contribution < 1.29 is 4.79 Å². The maximum atomic E-state index is 13.2. The molecule has 5 nitrogen and oxygen atoms in total. The third-order valence-electron chi connectivity index (χ3n) is 5.56. The number of carbonyl (C=O) groups is 1. The average Bonchev–Trinajstić information content (AvgIpc) is 3.28. The Bertz CT molecular complexity index is 733. The van der Waals surface area contributed by atoms with Crippen molar-refractivity contribution in [3.8, 4) is 0 Å². The van der Waals surface area contributed by atoms with E-state index in [1.165, 1.54) is 24.1 Å². The quantitative estimate of drug-likeness (QED) is 0.932. The Morgan fingerprint density at radius 1 is 1.20 bits per heavy atom. The number of likely N-dealkylation sites (tertiary alicyclic amines) is 1. The first-order valence-electron chi connectivity index (χ1n) is 9.34. The van der Waals surface area contributed by atoms with Crippen LogP contribution in [0.1, 0.15) is 54.6 Å². The standard InChI is InChI=1S/C20H26N4O/c1-23-18-11-7-10-17(16(18)14-21-23)22-20(25)19(24-12-5-6-13-24)15-8-3-2-4-9-15/h2-4,8-9,14,17,19H,5-7,10-13H2,1H3,(H,22,25)/t17-,19-/m0/s1. The van der Waals surface area contributed by atoms with Gasteiger partial charge >= 0.3 is 0 Å². The predicted molar refractivity (Wildman–Crippen MR) is 97.0 cm³/mol. The summed E-state index contributed by atoms with van der Waals surface area (Å²) in [5.41, 5.74) is 3.54. The van der Waals surface area contributed by atoms with Crippen molar-refractivity contribution in [2.24, 2.45) is 7.05 Å². The molecule has 132 valence electrons. The monoisotopic (exact) mass is 338 g/mol. The van der Waals surface area contributed by atoms with Crippen molar-refractivity contribution >= 4 is 5.91 Å². The van der Waals surface area contributed by atoms with E-state index in [-0.39, 0.29) is 18.0 Å². The van der Waals surface area contributed by atoms with Crippen molar-refractivity contribution in [3.05, 3.63) is 53.3 Å². The molecule has 0 radical (unpaired) electrons. The van der Waals surface area contributed by atoms with Crippen LogP contribution in [0.4, 0.5) is 0 Å². The summed E-state index contributed by atoms with van der Waals surface area (Å²) >= 11 is 0. The Hall–Kier alpha value is -2.14. The van der Waals surface area contributed by atoms with Crippen molar-refractivity contribution in [1.82, 2.24) is 20.0 Å². The van der Waals surface area contributed by atoms with Gasteiger partial charge in [0, 0.05) is 18.3 Å². The van der Waals surface area contributed by atoms with Gasteiger partial charge in [0.05, 0.1) is 12.2 Å². The molecule has 1 saturated heterocycles. The lowest BCUT2D eigenvalue weighted by Crippen LogP contribution is -2.41. The van der Waals surface area contributed by atoms with E-state index >= 15 is 0 Å². The highest BCUT2D eigenvalue weighted by molar-refractivity contribution is 5.83. The first-order chi connectivity index (χ1) is 12.2. The number of amides is 1. The third-order valence-corrected chi connectivity index (χ3v) is 5.56. The molecule has 0 bridgehead atoms. The highest BCUT2D eigenvalue weighted by Gasteiger charge is 2.32. The van der Waals surface area contributed by atoms with Gasteiger partial charge in [0.25, 0.3) is 0 Å². The first kappa shape index (κ1) is 16.3. The van der Waals surface area contributed by atoms with Crippen LogP contribution in [0, 0.1) is 0 Å². The molecule has 1 aliphatic heterocycles. The molecule has 1 aromatic heterocycles. The van der Waals surface area contributed by atoms with Gasteiger partial charge in [-0.3, -0.25) is 14.4 Å². The van der Waals surface area contributed by atoms with Crippen LogP contribution >= 0.6 is 0 Å². The summed E-state index contributed by atoms with van der Waals surface area (Å²) in [4.78, 5) is 15.6. The molecule has 1 fully saturated rings. The average molecular weight is 338 g/mol. The minimum absolute atomic E-state index is 0.0822. The van der Waals surface area contributed by atoms with Crippen LogP contribution in [0.25, 0.3) is 0 Å². The lowest BCUT2D eigenvalue weighted by molar-refractivity contribution is -0.127. The molecule has 25 heavy (non-hydrogen) atoms. The summed E-state index contributed by atoms with van der Waals surface area (Å²) in [6.45, 7) is 1.99. The van der Waals surface area contributed by atoms with E-state index in [4.69, 9.17) is 0 Å². The number of benzene rings is 1. The molecule has 2 atom stereocenters. The van der Waals surface area contributed by atoms with Crippen molar-refractivity contribution in [3.63, 3.8) is 0 Å². The first-order valence-corrected chi connectivity index (χ1v) is 9.34. The molecule has 0 unspecified atom stereocenters. The second kappa shape index (κ2) is 7.00. The molecular formula is C20H26N4O. The van der Waals surface area contributed by atoms with Crippen molar-refractivity contribution in [1.29, 1.82) is 0 Å². The third kappa shape index (κ3) is 3.21. The van der Waals surface area contributed by atoms with E-state index in [0.29, 0.717) is 0 Å². The molecule has 1 aliphatic carbocycles. The van der Waals surface area contributed by atoms with E-state index in [1.54, 1.807) is 0 Å². The Morgan fingerprint density at radius 2 is 1.96 bits per heavy atom. The molecule has 0 saturated carbocycles. The number of hydrogen-bond acceptors (Lipinski definition) is 3. The fourth-order valence-corrected chi connectivity index (χ4v) is 4.27. The van der Waals surface area contributed by atoms with Gasteiger partial charge in [-0.2, -0.15) is 5.10 Å². The summed E-state index contributed by atoms with van der Waals surface area (Å²) in [6, 6.07) is 10.1. The minimum atomic E-state index is -0.189. The topological polar surface area (TPSA) is 50.2 Å². The number of carbonyl (C=O) groups excluding carboxylic acids is 1. The van der Waals surface area contributed by atoms with Gasteiger partial charge in [-0.1, -0.05) is 30.3 Å². The number of rotatable bonds is 4. The Labute approximate surface area is 149 Å². The Balaban J connectivity index is 1.57. The maximum absolute atomic E-state index is 13.2. The van der Waals surface area contributed by atoms with Crippen LogP contribution in [0.5, 0.6) is 0 Å². The second-order valence-corrected chi connectivity index (χ2v) is 7.18. The van der Waals surface area contributed by atoms with Gasteiger partial charge in [-0.25, -0.2) is 0 Å². The Morgan fingerprint density at radius 3 is 2.72 bits per heavy atom. The van der Waals surface area contributed by atoms with E-state index < -0.39 is 0 Å². The van der Waals surface area contributed by atoms with E-state index in [9.17, 15) is 4.79 Å². The number of nitrogens with one attached hydrogen (secondary N) is 1. The molecule has 1 aromatic carbocycles. The maximum Gasteiger partial charge on any atom is 0.242 e. The van der Waals surface area contributed by atoms with Crippen LogP contribution in [-0.4, -0.2) is 33.7 Å². The van der Waals surface area contributed by atoms with Crippen LogP contribution in [0.3, 0.4) is 0 Å². The zero-order valence-corrected chi connectivity index (χ0v) is 14.8. The number of nitrogens with zero attached hydrogens (tertiary/aromatic N) is 3. The van der Waals surface area contributed by atoms with Gasteiger partial charge in [-0.05, 0) is 50.8 Å². The molecule has 5 heteroatoms. The molecule has 2 heterocycles. The van der Waals surface area contributed by atoms with E-state index in [1.807, 2.05) is 36.1 Å². The molecule has 1 amide bonds. The van der Waals surface area contributed by atoms with Crippen LogP contribution in [0.2, 0.25) is 0 Å². The second-order valence-electron chi connectivity index (χ2n) is 7.18. The van der Waals surface area contributed by atoms with Crippen LogP contribution in [-0.2, 0) is 18.3 Å². The molecule has 4 rings (SSSR count). The van der Waals surface area contributed by atoms with Gasteiger partial charge in [0.15, 0.2) is 0 Å². The van der Waals surface area contributed by atoms with Gasteiger partial charge in [0.1, 0.15) is 6.04 Å². The molecular weight excluding hydrogens is 312 g/mol. The van der Waals surface area contributed by atoms with Gasteiger partial charge in [0.2, 0.25) is 5.91 Å². The Kier molecular flexibility index (Phi) is 4.57. The fourth-order valence-electron chi connectivity index (χ4n) is 4.27. The highest BCUT2D eigenvalue weighted by atomic mass is 16.2. The van der Waals surface area contributed by atoms with E-state index in [2.05, 4.69) is 27.4 Å².